The molecule has 8 heavy (non-hydrogen) atoms. The van der Waals surface area contributed by atoms with Gasteiger partial charge in [0.1, 0.15) is 0 Å². The third-order valence-corrected chi connectivity index (χ3v) is 0.889. The van der Waals surface area contributed by atoms with Crippen LogP contribution in [0.1, 0.15) is 5.82 Å². The van der Waals surface area contributed by atoms with E-state index in [0.29, 0.717) is 11.7 Å². The number of hydrogen-bond acceptors (Lipinski definition) is 3. The van der Waals surface area contributed by atoms with Gasteiger partial charge in [0.25, 0.3) is 0 Å². The van der Waals surface area contributed by atoms with E-state index in [1.807, 2.05) is 0 Å². The first-order chi connectivity index (χ1) is 3.93. The standard InChI is InChI=1S/C4H4ClN3/c5-3-4-6-1-2-7-8-4/h1-2H,3H2. The van der Waals surface area contributed by atoms with Crippen molar-refractivity contribution < 1.29 is 0 Å². The summed E-state index contributed by atoms with van der Waals surface area (Å²) in [6, 6.07) is 0. The van der Waals surface area contributed by atoms with Crippen LogP contribution in [0.25, 0.3) is 0 Å². The van der Waals surface area contributed by atoms with Gasteiger partial charge in [0.15, 0.2) is 5.82 Å². The first-order valence-corrected chi connectivity index (χ1v) is 2.65. The minimum Gasteiger partial charge on any atom is -0.237 e. The molecule has 1 heterocycles. The molecule has 0 N–H and O–H groups in total. The predicted molar refractivity (Wildman–Crippen MR) is 29.4 cm³/mol. The lowest BCUT2D eigenvalue weighted by Crippen LogP contribution is -1.90. The second-order valence-corrected chi connectivity index (χ2v) is 1.46. The Labute approximate surface area is 51.7 Å². The van der Waals surface area contributed by atoms with Crippen molar-refractivity contribution >= 4 is 11.6 Å². The third-order valence-electron chi connectivity index (χ3n) is 0.650. The van der Waals surface area contributed by atoms with E-state index in [1.165, 1.54) is 6.20 Å². The third kappa shape index (κ3) is 1.13. The zero-order valence-corrected chi connectivity index (χ0v) is 4.84. The topological polar surface area (TPSA) is 38.7 Å². The second kappa shape index (κ2) is 2.57. The molecule has 0 unspecified atom stereocenters. The summed E-state index contributed by atoms with van der Waals surface area (Å²) in [4.78, 5) is 3.79. The number of aromatic nitrogens is 3. The first kappa shape index (κ1) is 5.44. The number of halogens is 1. The number of nitrogens with zero attached hydrogens (tertiary/aromatic N) is 3. The van der Waals surface area contributed by atoms with Crippen LogP contribution in [-0.4, -0.2) is 15.2 Å². The monoisotopic (exact) mass is 129 g/mol. The van der Waals surface area contributed by atoms with Crippen molar-refractivity contribution in [2.24, 2.45) is 0 Å². The molecule has 0 radical (unpaired) electrons. The van der Waals surface area contributed by atoms with Crippen molar-refractivity contribution in [1.29, 1.82) is 0 Å². The molecule has 0 saturated carbocycles. The van der Waals surface area contributed by atoms with Crippen molar-refractivity contribution in [2.75, 3.05) is 0 Å². The van der Waals surface area contributed by atoms with Crippen LogP contribution < -0.4 is 0 Å². The summed E-state index contributed by atoms with van der Waals surface area (Å²) in [6.45, 7) is 0. The van der Waals surface area contributed by atoms with Gasteiger partial charge in [-0.2, -0.15) is 5.10 Å². The van der Waals surface area contributed by atoms with E-state index in [-0.39, 0.29) is 0 Å². The molecule has 0 aliphatic heterocycles. The van der Waals surface area contributed by atoms with Crippen LogP contribution in [0, 0.1) is 0 Å². The summed E-state index contributed by atoms with van der Waals surface area (Å²) in [5.41, 5.74) is 0. The highest BCUT2D eigenvalue weighted by atomic mass is 35.5. The Balaban J connectivity index is 2.83. The predicted octanol–water partition coefficient (Wildman–Crippen LogP) is 0.610. The summed E-state index contributed by atoms with van der Waals surface area (Å²) in [5, 5.41) is 7.16. The maximum Gasteiger partial charge on any atom is 0.165 e. The molecule has 42 valence electrons. The Bertz CT molecular complexity index is 153. The van der Waals surface area contributed by atoms with E-state index >= 15 is 0 Å². The van der Waals surface area contributed by atoms with Gasteiger partial charge in [0.2, 0.25) is 0 Å². The van der Waals surface area contributed by atoms with E-state index in [0.717, 1.165) is 0 Å². The molecule has 1 aromatic rings. The van der Waals surface area contributed by atoms with Crippen molar-refractivity contribution in [3.8, 4) is 0 Å². The Kier molecular flexibility index (Phi) is 1.75. The quantitative estimate of drug-likeness (QED) is 0.522. The highest BCUT2D eigenvalue weighted by Crippen LogP contribution is 1.88. The van der Waals surface area contributed by atoms with Gasteiger partial charge in [-0.25, -0.2) is 4.98 Å². The molecule has 4 heteroatoms. The fourth-order valence-corrected chi connectivity index (χ4v) is 0.459. The molecule has 0 aromatic carbocycles. The highest BCUT2D eigenvalue weighted by molar-refractivity contribution is 6.16. The summed E-state index contributed by atoms with van der Waals surface area (Å²) < 4.78 is 0. The number of hydrogen-bond donors (Lipinski definition) is 0. The van der Waals surface area contributed by atoms with Gasteiger partial charge < -0.3 is 0 Å². The van der Waals surface area contributed by atoms with Gasteiger partial charge in [-0.3, -0.25) is 0 Å². The van der Waals surface area contributed by atoms with E-state index in [1.54, 1.807) is 6.20 Å². The van der Waals surface area contributed by atoms with E-state index in [2.05, 4.69) is 15.2 Å². The fourth-order valence-electron chi connectivity index (χ4n) is 0.336. The Morgan fingerprint density at radius 3 is 2.75 bits per heavy atom. The minimum atomic E-state index is 0.327. The lowest BCUT2D eigenvalue weighted by Gasteiger charge is -1.84. The second-order valence-electron chi connectivity index (χ2n) is 1.19. The Morgan fingerprint density at radius 1 is 1.50 bits per heavy atom. The van der Waals surface area contributed by atoms with Gasteiger partial charge in [-0.05, 0) is 0 Å². The Hall–Kier alpha value is -0.700. The summed E-state index contributed by atoms with van der Waals surface area (Å²) in [5.74, 6) is 0.891. The molecule has 0 atom stereocenters. The number of alkyl halides is 1. The maximum absolute atomic E-state index is 5.36. The van der Waals surface area contributed by atoms with Crippen LogP contribution in [0.5, 0.6) is 0 Å². The molecule has 3 nitrogen and oxygen atoms in total. The molecule has 0 spiro atoms. The normalized spacial score (nSPS) is 9.12. The number of rotatable bonds is 1. The van der Waals surface area contributed by atoms with Crippen molar-refractivity contribution in [3.63, 3.8) is 0 Å². The fraction of sp³-hybridized carbons (Fsp3) is 0.250. The van der Waals surface area contributed by atoms with Crippen LogP contribution >= 0.6 is 11.6 Å². The smallest absolute Gasteiger partial charge is 0.165 e. The minimum absolute atomic E-state index is 0.327. The molecule has 1 aromatic heterocycles. The summed E-state index contributed by atoms with van der Waals surface area (Å²) >= 11 is 5.36. The first-order valence-electron chi connectivity index (χ1n) is 2.12. The van der Waals surface area contributed by atoms with E-state index in [9.17, 15) is 0 Å². The SMILES string of the molecule is ClCc1nccnn1. The zero-order valence-electron chi connectivity index (χ0n) is 4.08. The summed E-state index contributed by atoms with van der Waals surface area (Å²) in [7, 11) is 0. The molecule has 0 bridgehead atoms. The van der Waals surface area contributed by atoms with Crippen molar-refractivity contribution in [2.45, 2.75) is 5.88 Å². The maximum atomic E-state index is 5.36. The van der Waals surface area contributed by atoms with Gasteiger partial charge in [-0.1, -0.05) is 0 Å². The van der Waals surface area contributed by atoms with Crippen LogP contribution in [0.15, 0.2) is 12.4 Å². The molecule has 0 amide bonds. The molecular weight excluding hydrogens is 126 g/mol. The van der Waals surface area contributed by atoms with Crippen LogP contribution in [0.4, 0.5) is 0 Å². The molecule has 1 rings (SSSR count). The highest BCUT2D eigenvalue weighted by Gasteiger charge is 1.86. The average molecular weight is 130 g/mol. The van der Waals surface area contributed by atoms with Crippen molar-refractivity contribution in [1.82, 2.24) is 15.2 Å². The summed E-state index contributed by atoms with van der Waals surface area (Å²) in [6.07, 6.45) is 3.07. The Morgan fingerprint density at radius 2 is 2.38 bits per heavy atom. The van der Waals surface area contributed by atoms with E-state index in [4.69, 9.17) is 11.6 Å². The molecule has 0 saturated heterocycles. The van der Waals surface area contributed by atoms with Gasteiger partial charge in [0.05, 0.1) is 12.1 Å². The molecule has 0 fully saturated rings. The lowest BCUT2D eigenvalue weighted by atomic mass is 10.7. The van der Waals surface area contributed by atoms with Crippen molar-refractivity contribution in [3.05, 3.63) is 18.2 Å². The van der Waals surface area contributed by atoms with E-state index < -0.39 is 0 Å². The largest absolute Gasteiger partial charge is 0.237 e. The average Bonchev–Trinajstić information content (AvgIpc) is 1.90. The van der Waals surface area contributed by atoms with Gasteiger partial charge in [-0.15, -0.1) is 16.7 Å². The van der Waals surface area contributed by atoms with Crippen LogP contribution in [-0.2, 0) is 5.88 Å². The molecular formula is C4H4ClN3. The molecule has 0 aliphatic carbocycles. The van der Waals surface area contributed by atoms with Gasteiger partial charge >= 0.3 is 0 Å². The van der Waals surface area contributed by atoms with Crippen LogP contribution in [0.3, 0.4) is 0 Å². The molecule has 0 aliphatic rings. The van der Waals surface area contributed by atoms with Gasteiger partial charge in [0, 0.05) is 6.20 Å². The van der Waals surface area contributed by atoms with Crippen LogP contribution in [0.2, 0.25) is 0 Å². The lowest BCUT2D eigenvalue weighted by molar-refractivity contribution is 0.894. The zero-order chi connectivity index (χ0) is 5.82.